The highest BCUT2D eigenvalue weighted by atomic mass is 16.4. The fourth-order valence-corrected chi connectivity index (χ4v) is 2.26. The van der Waals surface area contributed by atoms with Crippen LogP contribution in [0.1, 0.15) is 19.3 Å². The average Bonchev–Trinajstić information content (AvgIpc) is 2.85. The van der Waals surface area contributed by atoms with Crippen LogP contribution in [0.25, 0.3) is 0 Å². The zero-order chi connectivity index (χ0) is 13.1. The summed E-state index contributed by atoms with van der Waals surface area (Å²) in [6.07, 6.45) is 3.24. The summed E-state index contributed by atoms with van der Waals surface area (Å²) in [5.41, 5.74) is 12.4. The number of carboxylic acid groups (broad SMARTS) is 1. The van der Waals surface area contributed by atoms with E-state index in [-0.39, 0.29) is 12.5 Å². The molecule has 7 heteroatoms. The molecule has 1 aromatic heterocycles. The maximum absolute atomic E-state index is 10.5. The van der Waals surface area contributed by atoms with Gasteiger partial charge < -0.3 is 21.5 Å². The van der Waals surface area contributed by atoms with Crippen LogP contribution in [-0.4, -0.2) is 40.0 Å². The molecule has 1 unspecified atom stereocenters. The molecular formula is C11H19N5O2. The van der Waals surface area contributed by atoms with Crippen molar-refractivity contribution in [1.82, 2.24) is 9.78 Å². The van der Waals surface area contributed by atoms with E-state index in [4.69, 9.17) is 16.6 Å². The quantitative estimate of drug-likeness (QED) is 0.674. The summed E-state index contributed by atoms with van der Waals surface area (Å²) in [5.74, 6) is 0.0770. The largest absolute Gasteiger partial charge is 0.481 e. The van der Waals surface area contributed by atoms with Crippen LogP contribution < -0.4 is 16.4 Å². The van der Waals surface area contributed by atoms with Crippen molar-refractivity contribution in [1.29, 1.82) is 0 Å². The number of anilines is 2. The van der Waals surface area contributed by atoms with Crippen molar-refractivity contribution in [3.8, 4) is 0 Å². The Morgan fingerprint density at radius 3 is 3.00 bits per heavy atom. The van der Waals surface area contributed by atoms with Gasteiger partial charge in [0.2, 0.25) is 0 Å². The molecule has 5 N–H and O–H groups in total. The lowest BCUT2D eigenvalue weighted by Crippen LogP contribution is -2.28. The number of hydrogen-bond acceptors (Lipinski definition) is 5. The molecule has 0 amide bonds. The van der Waals surface area contributed by atoms with Gasteiger partial charge in [0.1, 0.15) is 5.82 Å². The second kappa shape index (κ2) is 5.26. The number of aliphatic carboxylic acids is 1. The fraction of sp³-hybridized carbons (Fsp3) is 0.636. The Labute approximate surface area is 105 Å². The van der Waals surface area contributed by atoms with Crippen LogP contribution in [0, 0.1) is 0 Å². The van der Waals surface area contributed by atoms with Gasteiger partial charge in [-0.05, 0) is 12.8 Å². The number of hydrogen-bond donors (Lipinski definition) is 3. The van der Waals surface area contributed by atoms with Gasteiger partial charge in [0.15, 0.2) is 0 Å². The Kier molecular flexibility index (Phi) is 3.71. The van der Waals surface area contributed by atoms with Crippen molar-refractivity contribution < 1.29 is 9.90 Å². The van der Waals surface area contributed by atoms with Gasteiger partial charge in [-0.2, -0.15) is 5.10 Å². The highest BCUT2D eigenvalue weighted by Gasteiger charge is 2.24. The van der Waals surface area contributed by atoms with E-state index in [1.54, 1.807) is 10.9 Å². The summed E-state index contributed by atoms with van der Waals surface area (Å²) in [6.45, 7) is 2.20. The summed E-state index contributed by atoms with van der Waals surface area (Å²) >= 11 is 0. The van der Waals surface area contributed by atoms with E-state index < -0.39 is 5.97 Å². The lowest BCUT2D eigenvalue weighted by Gasteiger charge is -2.20. The Bertz CT molecular complexity index is 431. The van der Waals surface area contributed by atoms with E-state index in [2.05, 4.69) is 10.00 Å². The van der Waals surface area contributed by atoms with Gasteiger partial charge in [-0.25, -0.2) is 4.68 Å². The molecule has 2 rings (SSSR count). The van der Waals surface area contributed by atoms with Crippen molar-refractivity contribution in [3.05, 3.63) is 6.20 Å². The van der Waals surface area contributed by atoms with Crippen LogP contribution in [0.4, 0.5) is 11.5 Å². The van der Waals surface area contributed by atoms with Crippen LogP contribution in [0.3, 0.4) is 0 Å². The molecule has 0 spiro atoms. The van der Waals surface area contributed by atoms with Gasteiger partial charge in [0, 0.05) is 32.1 Å². The standard InChI is InChI=1S/C11H19N5O2/c12-8-3-5-15(7-8)11-9(13)6-14-16(11)4-1-2-10(17)18/h6,8H,1-5,7,12-13H2,(H,17,18). The fourth-order valence-electron chi connectivity index (χ4n) is 2.26. The Balaban J connectivity index is 2.04. The van der Waals surface area contributed by atoms with Crippen molar-refractivity contribution in [2.24, 2.45) is 5.73 Å². The first-order valence-corrected chi connectivity index (χ1v) is 6.11. The molecule has 18 heavy (non-hydrogen) atoms. The third-order valence-electron chi connectivity index (χ3n) is 3.12. The Hall–Kier alpha value is -1.76. The van der Waals surface area contributed by atoms with Crippen molar-refractivity contribution in [3.63, 3.8) is 0 Å². The van der Waals surface area contributed by atoms with Crippen LogP contribution >= 0.6 is 0 Å². The van der Waals surface area contributed by atoms with Crippen LogP contribution in [0.2, 0.25) is 0 Å². The van der Waals surface area contributed by atoms with Gasteiger partial charge in [0.05, 0.1) is 11.9 Å². The molecule has 1 fully saturated rings. The maximum Gasteiger partial charge on any atom is 0.303 e. The number of aryl methyl sites for hydroxylation is 1. The zero-order valence-electron chi connectivity index (χ0n) is 10.2. The second-order valence-corrected chi connectivity index (χ2v) is 4.64. The second-order valence-electron chi connectivity index (χ2n) is 4.64. The van der Waals surface area contributed by atoms with Crippen molar-refractivity contribution in [2.45, 2.75) is 31.8 Å². The SMILES string of the molecule is Nc1cnn(CCCC(=O)O)c1N1CCC(N)C1. The monoisotopic (exact) mass is 253 g/mol. The molecule has 1 saturated heterocycles. The van der Waals surface area contributed by atoms with Gasteiger partial charge >= 0.3 is 5.97 Å². The molecule has 100 valence electrons. The van der Waals surface area contributed by atoms with E-state index in [1.807, 2.05) is 0 Å². The lowest BCUT2D eigenvalue weighted by atomic mass is 10.3. The molecule has 0 aromatic carbocycles. The lowest BCUT2D eigenvalue weighted by molar-refractivity contribution is -0.137. The number of aromatic nitrogens is 2. The average molecular weight is 253 g/mol. The minimum Gasteiger partial charge on any atom is -0.481 e. The van der Waals surface area contributed by atoms with Gasteiger partial charge in [-0.1, -0.05) is 0 Å². The van der Waals surface area contributed by atoms with E-state index >= 15 is 0 Å². The number of nitrogens with two attached hydrogens (primary N) is 2. The molecular weight excluding hydrogens is 234 g/mol. The minimum atomic E-state index is -0.792. The number of carboxylic acids is 1. The predicted molar refractivity (Wildman–Crippen MR) is 68.3 cm³/mol. The molecule has 0 bridgehead atoms. The van der Waals surface area contributed by atoms with E-state index in [0.717, 1.165) is 25.3 Å². The van der Waals surface area contributed by atoms with Crippen LogP contribution in [-0.2, 0) is 11.3 Å². The minimum absolute atomic E-state index is 0.138. The first kappa shape index (κ1) is 12.7. The molecule has 1 aliphatic rings. The Morgan fingerprint density at radius 2 is 2.39 bits per heavy atom. The van der Waals surface area contributed by atoms with Gasteiger partial charge in [-0.3, -0.25) is 4.79 Å². The van der Waals surface area contributed by atoms with Crippen LogP contribution in [0.5, 0.6) is 0 Å². The molecule has 0 aliphatic carbocycles. The molecule has 7 nitrogen and oxygen atoms in total. The van der Waals surface area contributed by atoms with Crippen LogP contribution in [0.15, 0.2) is 6.20 Å². The highest BCUT2D eigenvalue weighted by molar-refractivity contribution is 5.66. The number of carbonyl (C=O) groups is 1. The van der Waals surface area contributed by atoms with Gasteiger partial charge in [-0.15, -0.1) is 0 Å². The zero-order valence-corrected chi connectivity index (χ0v) is 10.2. The molecule has 0 saturated carbocycles. The molecule has 1 atom stereocenters. The maximum atomic E-state index is 10.5. The number of nitrogens with zero attached hydrogens (tertiary/aromatic N) is 3. The molecule has 0 radical (unpaired) electrons. The first-order valence-electron chi connectivity index (χ1n) is 6.11. The summed E-state index contributed by atoms with van der Waals surface area (Å²) in [4.78, 5) is 12.6. The molecule has 2 heterocycles. The smallest absolute Gasteiger partial charge is 0.303 e. The number of nitrogen functional groups attached to an aromatic ring is 1. The summed E-state index contributed by atoms with van der Waals surface area (Å²) in [5, 5.41) is 12.8. The highest BCUT2D eigenvalue weighted by Crippen LogP contribution is 2.26. The third-order valence-corrected chi connectivity index (χ3v) is 3.12. The third kappa shape index (κ3) is 2.73. The normalized spacial score (nSPS) is 19.4. The molecule has 1 aliphatic heterocycles. The van der Waals surface area contributed by atoms with Crippen molar-refractivity contribution in [2.75, 3.05) is 23.7 Å². The molecule has 1 aromatic rings. The predicted octanol–water partition coefficient (Wildman–Crippen LogP) is -0.132. The first-order chi connectivity index (χ1) is 8.58. The van der Waals surface area contributed by atoms with E-state index in [9.17, 15) is 4.79 Å². The summed E-state index contributed by atoms with van der Waals surface area (Å²) in [6, 6.07) is 0.173. The number of rotatable bonds is 5. The van der Waals surface area contributed by atoms with E-state index in [0.29, 0.717) is 18.7 Å². The summed E-state index contributed by atoms with van der Waals surface area (Å²) in [7, 11) is 0. The van der Waals surface area contributed by atoms with Gasteiger partial charge in [0.25, 0.3) is 0 Å². The topological polar surface area (TPSA) is 110 Å². The van der Waals surface area contributed by atoms with E-state index in [1.165, 1.54) is 0 Å². The van der Waals surface area contributed by atoms with Crippen molar-refractivity contribution >= 4 is 17.5 Å². The Morgan fingerprint density at radius 1 is 1.61 bits per heavy atom. The summed E-state index contributed by atoms with van der Waals surface area (Å²) < 4.78 is 1.77.